The topological polar surface area (TPSA) is 29.1 Å². The Morgan fingerprint density at radius 2 is 1.70 bits per heavy atom. The zero-order valence-corrected chi connectivity index (χ0v) is 14.9. The maximum absolute atomic E-state index is 12.3. The smallest absolute Gasteiger partial charge is 0.255 e. The molecule has 0 unspecified atom stereocenters. The average Bonchev–Trinajstić information content (AvgIpc) is 3.11. The molecule has 0 aromatic heterocycles. The summed E-state index contributed by atoms with van der Waals surface area (Å²) in [5.41, 5.74) is 4.17. The molecule has 1 aliphatic rings. The highest BCUT2D eigenvalue weighted by Crippen LogP contribution is 2.45. The maximum Gasteiger partial charge on any atom is 0.255 e. The number of rotatable bonds is 5. The fraction of sp³-hybridized carbons (Fsp3) is 0.316. The molecule has 23 heavy (non-hydrogen) atoms. The van der Waals surface area contributed by atoms with Gasteiger partial charge in [-0.25, -0.2) is 0 Å². The molecule has 0 atom stereocenters. The largest absolute Gasteiger partial charge is 0.322 e. The van der Waals surface area contributed by atoms with Crippen molar-refractivity contribution in [1.82, 2.24) is 0 Å². The molecule has 2 aromatic rings. The second-order valence-corrected chi connectivity index (χ2v) is 8.32. The Bertz CT molecular complexity index is 646. The lowest BCUT2D eigenvalue weighted by atomic mass is 10.1. The van der Waals surface area contributed by atoms with Gasteiger partial charge in [-0.3, -0.25) is 4.79 Å². The van der Waals surface area contributed by atoms with Gasteiger partial charge in [0.1, 0.15) is 0 Å². The molecular weight excluding hydrogens is 322 g/mol. The van der Waals surface area contributed by atoms with E-state index in [0.29, 0.717) is 10.1 Å². The van der Waals surface area contributed by atoms with Crippen molar-refractivity contribution in [2.45, 2.75) is 24.3 Å². The van der Waals surface area contributed by atoms with E-state index in [1.165, 1.54) is 22.6 Å². The minimum absolute atomic E-state index is 0.0495. The molecule has 2 aromatic carbocycles. The highest BCUT2D eigenvalue weighted by atomic mass is 32.2. The van der Waals surface area contributed by atoms with Crippen molar-refractivity contribution >= 4 is 35.1 Å². The number of carbonyl (C=O) groups is 1. The summed E-state index contributed by atoms with van der Waals surface area (Å²) in [4.78, 5) is 12.3. The van der Waals surface area contributed by atoms with Crippen LogP contribution < -0.4 is 5.32 Å². The molecule has 0 bridgehead atoms. The van der Waals surface area contributed by atoms with Crippen molar-refractivity contribution in [3.8, 4) is 0 Å². The summed E-state index contributed by atoms with van der Waals surface area (Å²) >= 11 is 3.96. The summed E-state index contributed by atoms with van der Waals surface area (Å²) in [5.74, 6) is 2.38. The van der Waals surface area contributed by atoms with Crippen LogP contribution in [0.1, 0.15) is 39.4 Å². The highest BCUT2D eigenvalue weighted by Gasteiger charge is 2.18. The number of nitrogens with one attached hydrogen (secondary N) is 1. The quantitative estimate of drug-likeness (QED) is 0.791. The van der Waals surface area contributed by atoms with Gasteiger partial charge in [0.25, 0.3) is 5.91 Å². The Labute approximate surface area is 146 Å². The monoisotopic (exact) mass is 343 g/mol. The first-order valence-corrected chi connectivity index (χ1v) is 10.1. The van der Waals surface area contributed by atoms with E-state index in [2.05, 4.69) is 36.5 Å². The SMILES string of the molecule is CCCc1ccc(NC(=O)c2ccc(C3SCCS3)cc2)cc1. The molecule has 0 spiro atoms. The number of benzene rings is 2. The van der Waals surface area contributed by atoms with Gasteiger partial charge in [0.05, 0.1) is 4.58 Å². The third-order valence-corrected chi connectivity index (χ3v) is 6.92. The predicted octanol–water partition coefficient (Wildman–Crippen LogP) is 5.37. The van der Waals surface area contributed by atoms with Crippen molar-refractivity contribution < 1.29 is 4.79 Å². The van der Waals surface area contributed by atoms with E-state index >= 15 is 0 Å². The molecule has 0 aliphatic carbocycles. The van der Waals surface area contributed by atoms with E-state index in [1.807, 2.05) is 47.8 Å². The van der Waals surface area contributed by atoms with Gasteiger partial charge in [-0.15, -0.1) is 23.5 Å². The first-order valence-electron chi connectivity index (χ1n) is 7.99. The fourth-order valence-corrected chi connectivity index (χ4v) is 5.45. The van der Waals surface area contributed by atoms with E-state index in [1.54, 1.807) is 0 Å². The van der Waals surface area contributed by atoms with Crippen molar-refractivity contribution in [3.63, 3.8) is 0 Å². The zero-order valence-electron chi connectivity index (χ0n) is 13.2. The number of aryl methyl sites for hydroxylation is 1. The minimum atomic E-state index is -0.0495. The second-order valence-electron chi connectivity index (χ2n) is 5.60. The van der Waals surface area contributed by atoms with E-state index in [9.17, 15) is 4.79 Å². The lowest BCUT2D eigenvalue weighted by Gasteiger charge is -2.10. The second kappa shape index (κ2) is 7.93. The molecule has 0 saturated carbocycles. The first kappa shape index (κ1) is 16.5. The summed E-state index contributed by atoms with van der Waals surface area (Å²) in [7, 11) is 0. The van der Waals surface area contributed by atoms with Crippen LogP contribution in [-0.4, -0.2) is 17.4 Å². The standard InChI is InChI=1S/C19H21NOS2/c1-2-3-14-4-10-17(11-5-14)20-18(21)15-6-8-16(9-7-15)19-22-12-13-23-19/h4-11,19H,2-3,12-13H2,1H3,(H,20,21). The van der Waals surface area contributed by atoms with Gasteiger partial charge in [-0.05, 0) is 41.8 Å². The van der Waals surface area contributed by atoms with E-state index in [4.69, 9.17) is 0 Å². The molecular formula is C19H21NOS2. The average molecular weight is 344 g/mol. The summed E-state index contributed by atoms with van der Waals surface area (Å²) in [6, 6.07) is 16.1. The fourth-order valence-electron chi connectivity index (χ4n) is 2.59. The zero-order chi connectivity index (χ0) is 16.1. The van der Waals surface area contributed by atoms with Crippen LogP contribution in [0, 0.1) is 0 Å². The Kier molecular flexibility index (Phi) is 5.68. The van der Waals surface area contributed by atoms with Crippen molar-refractivity contribution in [1.29, 1.82) is 0 Å². The van der Waals surface area contributed by atoms with Crippen LogP contribution >= 0.6 is 23.5 Å². The normalized spacial score (nSPS) is 14.8. The summed E-state index contributed by atoms with van der Waals surface area (Å²) in [5, 5.41) is 2.97. The van der Waals surface area contributed by atoms with Crippen LogP contribution in [0.25, 0.3) is 0 Å². The van der Waals surface area contributed by atoms with E-state index in [-0.39, 0.29) is 5.91 Å². The molecule has 1 saturated heterocycles. The summed E-state index contributed by atoms with van der Waals surface area (Å²) < 4.78 is 0.526. The Balaban J connectivity index is 1.63. The number of hydrogen-bond donors (Lipinski definition) is 1. The number of hydrogen-bond acceptors (Lipinski definition) is 3. The maximum atomic E-state index is 12.3. The van der Waals surface area contributed by atoms with Crippen molar-refractivity contribution in [3.05, 3.63) is 65.2 Å². The third-order valence-electron chi connectivity index (χ3n) is 3.82. The van der Waals surface area contributed by atoms with Crippen LogP contribution in [0.3, 0.4) is 0 Å². The van der Waals surface area contributed by atoms with Gasteiger partial charge >= 0.3 is 0 Å². The third kappa shape index (κ3) is 4.33. The molecule has 1 amide bonds. The Morgan fingerprint density at radius 1 is 1.04 bits per heavy atom. The van der Waals surface area contributed by atoms with Crippen molar-refractivity contribution in [2.75, 3.05) is 16.8 Å². The van der Waals surface area contributed by atoms with Gasteiger partial charge in [0, 0.05) is 22.8 Å². The molecule has 1 aliphatic heterocycles. The van der Waals surface area contributed by atoms with Gasteiger partial charge < -0.3 is 5.32 Å². The van der Waals surface area contributed by atoms with Crippen LogP contribution in [0.5, 0.6) is 0 Å². The number of thioether (sulfide) groups is 2. The van der Waals surface area contributed by atoms with Gasteiger partial charge in [0.15, 0.2) is 0 Å². The Hall–Kier alpha value is -1.39. The summed E-state index contributed by atoms with van der Waals surface area (Å²) in [6.07, 6.45) is 2.21. The molecule has 120 valence electrons. The predicted molar refractivity (Wildman–Crippen MR) is 102 cm³/mol. The number of anilines is 1. The lowest BCUT2D eigenvalue weighted by molar-refractivity contribution is 0.102. The van der Waals surface area contributed by atoms with Gasteiger partial charge in [-0.2, -0.15) is 0 Å². The van der Waals surface area contributed by atoms with Crippen LogP contribution in [0.2, 0.25) is 0 Å². The van der Waals surface area contributed by atoms with Crippen LogP contribution in [0.15, 0.2) is 48.5 Å². The molecule has 3 rings (SSSR count). The van der Waals surface area contributed by atoms with E-state index < -0.39 is 0 Å². The van der Waals surface area contributed by atoms with E-state index in [0.717, 1.165) is 18.5 Å². The van der Waals surface area contributed by atoms with Crippen LogP contribution in [-0.2, 0) is 6.42 Å². The van der Waals surface area contributed by atoms with Gasteiger partial charge in [-0.1, -0.05) is 37.6 Å². The molecule has 2 nitrogen and oxygen atoms in total. The van der Waals surface area contributed by atoms with Gasteiger partial charge in [0.2, 0.25) is 0 Å². The Morgan fingerprint density at radius 3 is 2.30 bits per heavy atom. The molecule has 1 heterocycles. The summed E-state index contributed by atoms with van der Waals surface area (Å²) in [6.45, 7) is 2.17. The minimum Gasteiger partial charge on any atom is -0.322 e. The number of amides is 1. The highest BCUT2D eigenvalue weighted by molar-refractivity contribution is 8.19. The van der Waals surface area contributed by atoms with Crippen molar-refractivity contribution in [2.24, 2.45) is 0 Å². The van der Waals surface area contributed by atoms with Crippen LogP contribution in [0.4, 0.5) is 5.69 Å². The number of carbonyl (C=O) groups excluding carboxylic acids is 1. The molecule has 1 fully saturated rings. The molecule has 1 N–H and O–H groups in total. The molecule has 4 heteroatoms. The first-order chi connectivity index (χ1) is 11.3. The molecule has 0 radical (unpaired) electrons. The lowest BCUT2D eigenvalue weighted by Crippen LogP contribution is -2.11.